The first-order chi connectivity index (χ1) is 15.8. The summed E-state index contributed by atoms with van der Waals surface area (Å²) in [6.45, 7) is 3.82. The first-order valence-corrected chi connectivity index (χ1v) is 16.6. The van der Waals surface area contributed by atoms with Gasteiger partial charge in [-0.2, -0.15) is 0 Å². The molecule has 0 aliphatic rings. The second-order valence-electron chi connectivity index (χ2n) is 8.52. The summed E-state index contributed by atoms with van der Waals surface area (Å²) in [5.74, 6) is 0.707. The summed E-state index contributed by atoms with van der Waals surface area (Å²) in [5, 5.41) is 0.0482. The Bertz CT molecular complexity index is 993. The minimum atomic E-state index is -2.04. The van der Waals surface area contributed by atoms with Crippen molar-refractivity contribution in [2.24, 2.45) is 0 Å². The molecule has 0 fully saturated rings. The van der Waals surface area contributed by atoms with Crippen molar-refractivity contribution >= 4 is 41.9 Å². The molecule has 3 rings (SSSR count). The van der Waals surface area contributed by atoms with Crippen molar-refractivity contribution in [2.75, 3.05) is 5.75 Å². The molecule has 0 amide bonds. The van der Waals surface area contributed by atoms with Crippen LogP contribution < -0.4 is 0 Å². The van der Waals surface area contributed by atoms with E-state index in [2.05, 4.69) is 48.5 Å². The van der Waals surface area contributed by atoms with Crippen molar-refractivity contribution in [1.29, 1.82) is 0 Å². The Morgan fingerprint density at radius 3 is 1.82 bits per heavy atom. The summed E-state index contributed by atoms with van der Waals surface area (Å²) in [6, 6.07) is 29.5. The van der Waals surface area contributed by atoms with Crippen molar-refractivity contribution in [3.8, 4) is 0 Å². The van der Waals surface area contributed by atoms with Crippen LogP contribution in [0.5, 0.6) is 0 Å². The van der Waals surface area contributed by atoms with E-state index in [4.69, 9.17) is 0 Å². The van der Waals surface area contributed by atoms with Gasteiger partial charge in [0.2, 0.25) is 0 Å². The standard InChI is InChI=1S/C27H31O3S2Si/c1-33(2,30)21-9-20-31-27(29)19-18-26(28)22-14-16-25(17-15-22)32(23-10-5-3-6-11-23)24-12-7-4-8-13-24/h3-8,10-17,30H,9,18-21H2,1-2H3/q+1. The average molecular weight is 496 g/mol. The summed E-state index contributed by atoms with van der Waals surface area (Å²) in [7, 11) is -2.29. The van der Waals surface area contributed by atoms with Gasteiger partial charge in [0.05, 0.1) is 10.9 Å². The van der Waals surface area contributed by atoms with E-state index >= 15 is 0 Å². The minimum absolute atomic E-state index is 0.00120. The van der Waals surface area contributed by atoms with Crippen LogP contribution in [-0.2, 0) is 15.7 Å². The first kappa shape index (κ1) is 25.5. The van der Waals surface area contributed by atoms with Crippen LogP contribution in [-0.4, -0.2) is 29.8 Å². The topological polar surface area (TPSA) is 54.4 Å². The van der Waals surface area contributed by atoms with Crippen LogP contribution in [0.15, 0.2) is 99.6 Å². The third-order valence-corrected chi connectivity index (χ3v) is 9.95. The van der Waals surface area contributed by atoms with Crippen LogP contribution in [0.3, 0.4) is 0 Å². The van der Waals surface area contributed by atoms with E-state index in [1.807, 2.05) is 49.5 Å². The van der Waals surface area contributed by atoms with Crippen LogP contribution in [0.2, 0.25) is 19.1 Å². The summed E-state index contributed by atoms with van der Waals surface area (Å²) in [6.07, 6.45) is 1.32. The number of thioether (sulfide) groups is 1. The highest BCUT2D eigenvalue weighted by Crippen LogP contribution is 2.31. The maximum Gasteiger partial charge on any atom is 0.189 e. The number of hydrogen-bond acceptors (Lipinski definition) is 4. The van der Waals surface area contributed by atoms with Gasteiger partial charge in [-0.25, -0.2) is 0 Å². The van der Waals surface area contributed by atoms with Crippen LogP contribution in [0.4, 0.5) is 0 Å². The molecule has 0 heterocycles. The summed E-state index contributed by atoms with van der Waals surface area (Å²) in [4.78, 5) is 38.3. The molecule has 0 atom stereocenters. The summed E-state index contributed by atoms with van der Waals surface area (Å²) >= 11 is 1.28. The number of ketones is 1. The van der Waals surface area contributed by atoms with E-state index in [0.29, 0.717) is 11.3 Å². The van der Waals surface area contributed by atoms with Gasteiger partial charge in [0, 0.05) is 24.2 Å². The molecule has 0 spiro atoms. The zero-order chi connectivity index (χ0) is 23.7. The molecule has 0 saturated heterocycles. The number of carbonyl (C=O) groups is 2. The Balaban J connectivity index is 1.60. The van der Waals surface area contributed by atoms with Crippen molar-refractivity contribution in [3.05, 3.63) is 90.5 Å². The molecule has 0 unspecified atom stereocenters. The molecule has 0 bridgehead atoms. The molecule has 3 aromatic rings. The number of hydrogen-bond donors (Lipinski definition) is 1. The molecular formula is C27H31O3S2Si+. The zero-order valence-electron chi connectivity index (χ0n) is 19.2. The van der Waals surface area contributed by atoms with Crippen LogP contribution in [0.25, 0.3) is 0 Å². The number of benzene rings is 3. The summed E-state index contributed by atoms with van der Waals surface area (Å²) in [5.41, 5.74) is 0.647. The van der Waals surface area contributed by atoms with Gasteiger partial charge < -0.3 is 4.80 Å². The average Bonchev–Trinajstić information content (AvgIpc) is 2.82. The van der Waals surface area contributed by atoms with E-state index in [1.54, 1.807) is 0 Å². The second kappa shape index (κ2) is 12.4. The van der Waals surface area contributed by atoms with Crippen molar-refractivity contribution in [1.82, 2.24) is 0 Å². The molecular weight excluding hydrogens is 465 g/mol. The fourth-order valence-corrected chi connectivity index (χ4v) is 7.57. The molecule has 3 aromatic carbocycles. The molecule has 0 saturated carbocycles. The van der Waals surface area contributed by atoms with E-state index in [-0.39, 0.29) is 34.6 Å². The van der Waals surface area contributed by atoms with Crippen molar-refractivity contribution in [3.63, 3.8) is 0 Å². The highest BCUT2D eigenvalue weighted by molar-refractivity contribution is 8.13. The van der Waals surface area contributed by atoms with Gasteiger partial charge >= 0.3 is 0 Å². The van der Waals surface area contributed by atoms with Gasteiger partial charge in [0.15, 0.2) is 33.9 Å². The second-order valence-corrected chi connectivity index (χ2v) is 15.8. The molecule has 1 N–H and O–H groups in total. The van der Waals surface area contributed by atoms with E-state index in [1.165, 1.54) is 21.6 Å². The van der Waals surface area contributed by atoms with E-state index < -0.39 is 8.32 Å². The van der Waals surface area contributed by atoms with Crippen LogP contribution in [0.1, 0.15) is 29.6 Å². The quantitative estimate of drug-likeness (QED) is 0.141. The molecule has 3 nitrogen and oxygen atoms in total. The Morgan fingerprint density at radius 1 is 0.788 bits per heavy atom. The molecule has 172 valence electrons. The Hall–Kier alpha value is -2.12. The third kappa shape index (κ3) is 8.30. The van der Waals surface area contributed by atoms with Crippen molar-refractivity contribution in [2.45, 2.75) is 53.1 Å². The van der Waals surface area contributed by atoms with Gasteiger partial charge in [-0.05, 0) is 74.1 Å². The predicted octanol–water partition coefficient (Wildman–Crippen LogP) is 6.59. The van der Waals surface area contributed by atoms with Gasteiger partial charge in [0.25, 0.3) is 0 Å². The first-order valence-electron chi connectivity index (χ1n) is 11.2. The fourth-order valence-electron chi connectivity index (χ4n) is 3.42. The lowest BCUT2D eigenvalue weighted by Crippen LogP contribution is -2.24. The summed E-state index contributed by atoms with van der Waals surface area (Å²) < 4.78 is 0. The number of carbonyl (C=O) groups excluding carboxylic acids is 2. The molecule has 0 aromatic heterocycles. The van der Waals surface area contributed by atoms with Gasteiger partial charge in [-0.15, -0.1) is 0 Å². The Labute approximate surface area is 205 Å². The predicted molar refractivity (Wildman–Crippen MR) is 142 cm³/mol. The lowest BCUT2D eigenvalue weighted by Gasteiger charge is -2.12. The maximum atomic E-state index is 12.6. The van der Waals surface area contributed by atoms with Gasteiger partial charge in [-0.1, -0.05) is 48.2 Å². The van der Waals surface area contributed by atoms with Crippen LogP contribution in [0, 0.1) is 0 Å². The van der Waals surface area contributed by atoms with Gasteiger partial charge in [-0.3, -0.25) is 9.59 Å². The van der Waals surface area contributed by atoms with E-state index in [0.717, 1.165) is 17.4 Å². The maximum absolute atomic E-state index is 12.6. The zero-order valence-corrected chi connectivity index (χ0v) is 21.8. The third-order valence-electron chi connectivity index (χ3n) is 5.12. The number of rotatable bonds is 11. The minimum Gasteiger partial charge on any atom is -0.432 e. The molecule has 0 radical (unpaired) electrons. The number of Topliss-reactive ketones (excluding diaryl/α,β-unsaturated/α-hetero) is 1. The molecule has 33 heavy (non-hydrogen) atoms. The largest absolute Gasteiger partial charge is 0.432 e. The lowest BCUT2D eigenvalue weighted by molar-refractivity contribution is -0.110. The monoisotopic (exact) mass is 495 g/mol. The molecule has 6 heteroatoms. The lowest BCUT2D eigenvalue weighted by atomic mass is 10.1. The highest BCUT2D eigenvalue weighted by Gasteiger charge is 2.28. The SMILES string of the molecule is C[Si](C)(O)CCCSC(=O)CCC(=O)c1ccc([S+](c2ccccc2)c2ccccc2)cc1. The van der Waals surface area contributed by atoms with E-state index in [9.17, 15) is 14.4 Å². The Kier molecular flexibility index (Phi) is 9.56. The normalized spacial score (nSPS) is 11.5. The molecule has 0 aliphatic carbocycles. The van der Waals surface area contributed by atoms with Crippen LogP contribution >= 0.6 is 11.8 Å². The highest BCUT2D eigenvalue weighted by atomic mass is 32.2. The fraction of sp³-hybridized carbons (Fsp3) is 0.259. The molecule has 0 aliphatic heterocycles. The van der Waals surface area contributed by atoms with Gasteiger partial charge in [0.1, 0.15) is 0 Å². The smallest absolute Gasteiger partial charge is 0.189 e. The Morgan fingerprint density at radius 2 is 1.30 bits per heavy atom. The van der Waals surface area contributed by atoms with Crippen molar-refractivity contribution < 1.29 is 14.4 Å².